The van der Waals surface area contributed by atoms with Gasteiger partial charge in [0.25, 0.3) is 0 Å². The van der Waals surface area contributed by atoms with Gasteiger partial charge < -0.3 is 4.99 Å². The minimum atomic E-state index is 0.259. The second-order valence-corrected chi connectivity index (χ2v) is 11.3. The van der Waals surface area contributed by atoms with E-state index in [9.17, 15) is 4.79 Å². The van der Waals surface area contributed by atoms with Crippen LogP contribution in [0.15, 0.2) is 29.5 Å². The molecule has 0 N–H and O–H groups in total. The van der Waals surface area contributed by atoms with Crippen LogP contribution in [0.25, 0.3) is 0 Å². The monoisotopic (exact) mass is 452 g/mol. The number of hydrogen-bond donors (Lipinski definition) is 0. The molecule has 0 radical (unpaired) electrons. The van der Waals surface area contributed by atoms with Crippen molar-refractivity contribution in [2.75, 3.05) is 7.05 Å². The predicted octanol–water partition coefficient (Wildman–Crippen LogP) is 7.44. The molecule has 0 aliphatic heterocycles. The van der Waals surface area contributed by atoms with Crippen LogP contribution in [0.3, 0.4) is 0 Å². The fraction of sp³-hybridized carbons (Fsp3) is 0.767. The minimum absolute atomic E-state index is 0.259. The summed E-state index contributed by atoms with van der Waals surface area (Å²) in [6.07, 6.45) is 16.7. The Labute approximate surface area is 203 Å². The molecule has 3 nitrogen and oxygen atoms in total. The van der Waals surface area contributed by atoms with Gasteiger partial charge in [-0.05, 0) is 111 Å². The van der Waals surface area contributed by atoms with Gasteiger partial charge in [-0.3, -0.25) is 9.78 Å². The number of nitrogens with zero attached hydrogens (tertiary/aromatic N) is 2. The van der Waals surface area contributed by atoms with E-state index < -0.39 is 0 Å². The minimum Gasteiger partial charge on any atom is -0.304 e. The Morgan fingerprint density at radius 2 is 1.82 bits per heavy atom. The molecule has 0 bridgehead atoms. The number of aliphatic imine (C=N–C) groups is 1. The second-order valence-electron chi connectivity index (χ2n) is 11.3. The highest BCUT2D eigenvalue weighted by Gasteiger charge is 2.58. The third-order valence-corrected chi connectivity index (χ3v) is 9.71. The zero-order chi connectivity index (χ0) is 24.0. The first kappa shape index (κ1) is 26.1. The van der Waals surface area contributed by atoms with E-state index in [-0.39, 0.29) is 11.3 Å². The molecule has 0 aromatic carbocycles. The van der Waals surface area contributed by atoms with Gasteiger partial charge >= 0.3 is 0 Å². The Hall–Kier alpha value is -1.51. The van der Waals surface area contributed by atoms with Gasteiger partial charge in [0.05, 0.1) is 0 Å². The number of pyridine rings is 1. The summed E-state index contributed by atoms with van der Waals surface area (Å²) in [5.74, 6) is 6.41. The maximum absolute atomic E-state index is 13.3. The van der Waals surface area contributed by atoms with E-state index in [1.165, 1.54) is 51.4 Å². The topological polar surface area (TPSA) is 42.3 Å². The average molecular weight is 453 g/mol. The van der Waals surface area contributed by atoms with Gasteiger partial charge in [0, 0.05) is 31.8 Å². The maximum atomic E-state index is 13.3. The fourth-order valence-corrected chi connectivity index (χ4v) is 8.44. The zero-order valence-corrected chi connectivity index (χ0v) is 21.9. The Kier molecular flexibility index (Phi) is 9.30. The van der Waals surface area contributed by atoms with Crippen LogP contribution in [-0.4, -0.2) is 24.5 Å². The van der Waals surface area contributed by atoms with Crippen molar-refractivity contribution in [2.45, 2.75) is 91.9 Å². The molecule has 1 aromatic rings. The average Bonchev–Trinajstić information content (AvgIpc) is 3.18. The summed E-state index contributed by atoms with van der Waals surface area (Å²) in [6.45, 7) is 12.1. The van der Waals surface area contributed by atoms with Crippen LogP contribution in [0.5, 0.6) is 0 Å². The summed E-state index contributed by atoms with van der Waals surface area (Å²) in [5.41, 5.74) is 1.35. The van der Waals surface area contributed by atoms with Gasteiger partial charge in [-0.15, -0.1) is 0 Å². The number of aromatic nitrogens is 1. The highest BCUT2D eigenvalue weighted by atomic mass is 16.1. The first-order valence-corrected chi connectivity index (χ1v) is 13.7. The molecule has 4 aliphatic carbocycles. The molecule has 33 heavy (non-hydrogen) atoms. The van der Waals surface area contributed by atoms with Crippen molar-refractivity contribution in [2.24, 2.45) is 51.8 Å². The van der Waals surface area contributed by atoms with Crippen LogP contribution in [0, 0.1) is 46.8 Å². The summed E-state index contributed by atoms with van der Waals surface area (Å²) in [7, 11) is 1.64. The summed E-state index contributed by atoms with van der Waals surface area (Å²) in [6, 6.07) is 4.01. The van der Waals surface area contributed by atoms with Gasteiger partial charge in [-0.2, -0.15) is 0 Å². The van der Waals surface area contributed by atoms with Gasteiger partial charge in [0.2, 0.25) is 0 Å². The normalized spacial score (nSPS) is 38.8. The highest BCUT2D eigenvalue weighted by Crippen LogP contribution is 2.64. The van der Waals surface area contributed by atoms with E-state index in [4.69, 9.17) is 0 Å². The first-order valence-electron chi connectivity index (χ1n) is 13.7. The molecule has 0 spiro atoms. The van der Waals surface area contributed by atoms with Crippen molar-refractivity contribution in [1.29, 1.82) is 0 Å². The van der Waals surface area contributed by atoms with Crippen molar-refractivity contribution in [3.05, 3.63) is 30.1 Å². The van der Waals surface area contributed by atoms with E-state index >= 15 is 0 Å². The lowest BCUT2D eigenvalue weighted by Crippen LogP contribution is -2.49. The molecule has 1 heterocycles. The number of Topliss-reactive ketones (excluding diaryl/α,β-unsaturated/α-hetero) is 1. The van der Waals surface area contributed by atoms with Gasteiger partial charge in [-0.1, -0.05) is 40.2 Å². The number of fused-ring (bicyclic) bond motifs is 5. The lowest BCUT2D eigenvalue weighted by atomic mass is 9.49. The molecule has 4 aliphatic rings. The molecule has 3 heteroatoms. The van der Waals surface area contributed by atoms with Crippen molar-refractivity contribution in [3.63, 3.8) is 0 Å². The quantitative estimate of drug-likeness (QED) is 0.447. The molecule has 5 rings (SSSR count). The molecule has 1 aromatic heterocycles. The fourth-order valence-electron chi connectivity index (χ4n) is 8.44. The number of rotatable bonds is 3. The molecule has 0 saturated heterocycles. The second kappa shape index (κ2) is 11.8. The van der Waals surface area contributed by atoms with Crippen LogP contribution in [0.2, 0.25) is 0 Å². The standard InChI is InChI=1S/C26H37NO.C2H5N.C2H6/c1-17-5-7-20-19(14-17)6-8-22-21(20)11-12-26(2)23(22)9-10-24(26)25(28)15-18-4-3-13-27-16-18;1-3-2;1-2/h3-4,13,16-17,19-24H,5-12,14-15H2,1-2H3;1H2,2H3;1-2H3. The van der Waals surface area contributed by atoms with E-state index in [1.807, 2.05) is 26.1 Å². The zero-order valence-electron chi connectivity index (χ0n) is 21.9. The van der Waals surface area contributed by atoms with Gasteiger partial charge in [0.1, 0.15) is 5.78 Å². The predicted molar refractivity (Wildman–Crippen MR) is 140 cm³/mol. The summed E-state index contributed by atoms with van der Waals surface area (Å²) in [5, 5.41) is 0. The summed E-state index contributed by atoms with van der Waals surface area (Å²) < 4.78 is 0. The maximum Gasteiger partial charge on any atom is 0.140 e. The molecule has 0 amide bonds. The van der Waals surface area contributed by atoms with Crippen molar-refractivity contribution in [3.8, 4) is 0 Å². The Balaban J connectivity index is 0.000000569. The Morgan fingerprint density at radius 1 is 1.09 bits per heavy atom. The molecule has 4 saturated carbocycles. The van der Waals surface area contributed by atoms with Crippen LogP contribution in [-0.2, 0) is 11.2 Å². The number of carbonyl (C=O) groups is 1. The largest absolute Gasteiger partial charge is 0.304 e. The molecular formula is C30H48N2O. The van der Waals surface area contributed by atoms with Crippen molar-refractivity contribution < 1.29 is 4.79 Å². The van der Waals surface area contributed by atoms with Crippen molar-refractivity contribution in [1.82, 2.24) is 4.98 Å². The van der Waals surface area contributed by atoms with E-state index in [2.05, 4.69) is 36.6 Å². The van der Waals surface area contributed by atoms with Crippen LogP contribution < -0.4 is 0 Å². The molecule has 8 atom stereocenters. The number of carbonyl (C=O) groups excluding carboxylic acids is 1. The van der Waals surface area contributed by atoms with Gasteiger partial charge in [-0.25, -0.2) is 0 Å². The molecule has 8 unspecified atom stereocenters. The smallest absolute Gasteiger partial charge is 0.140 e. The third-order valence-electron chi connectivity index (χ3n) is 9.71. The van der Waals surface area contributed by atoms with E-state index in [0.29, 0.717) is 12.2 Å². The number of ketones is 1. The lowest BCUT2D eigenvalue weighted by Gasteiger charge is -2.56. The first-order chi connectivity index (χ1) is 16.0. The summed E-state index contributed by atoms with van der Waals surface area (Å²) >= 11 is 0. The molecule has 184 valence electrons. The van der Waals surface area contributed by atoms with E-state index in [0.717, 1.165) is 47.5 Å². The van der Waals surface area contributed by atoms with Crippen molar-refractivity contribution >= 4 is 12.5 Å². The summed E-state index contributed by atoms with van der Waals surface area (Å²) in [4.78, 5) is 20.7. The van der Waals surface area contributed by atoms with Crippen LogP contribution in [0.1, 0.15) is 91.0 Å². The lowest BCUT2D eigenvalue weighted by molar-refractivity contribution is -0.129. The highest BCUT2D eigenvalue weighted by molar-refractivity contribution is 5.84. The number of hydrogen-bond acceptors (Lipinski definition) is 3. The molecular weight excluding hydrogens is 404 g/mol. The van der Waals surface area contributed by atoms with Crippen LogP contribution in [0.4, 0.5) is 0 Å². The SMILES string of the molecule is C=NC.CC.CC1CCC2C(CCC3C2CCC2(C)C(C(=O)Cc4cccnc4)CCC32)C1. The van der Waals surface area contributed by atoms with Gasteiger partial charge in [0.15, 0.2) is 0 Å². The van der Waals surface area contributed by atoms with Crippen LogP contribution >= 0.6 is 0 Å². The molecule has 4 fully saturated rings. The Bertz CT molecular complexity index is 762. The third kappa shape index (κ3) is 5.43. The van der Waals surface area contributed by atoms with E-state index in [1.54, 1.807) is 13.2 Å². The Morgan fingerprint density at radius 3 is 2.52 bits per heavy atom.